The number of fused-ring (bicyclic) bond motifs is 1. The van der Waals surface area contributed by atoms with Crippen LogP contribution in [-0.4, -0.2) is 43.4 Å². The summed E-state index contributed by atoms with van der Waals surface area (Å²) in [7, 11) is -3.33. The van der Waals surface area contributed by atoms with Crippen molar-refractivity contribution in [2.75, 3.05) is 16.3 Å². The summed E-state index contributed by atoms with van der Waals surface area (Å²) in [5.74, 6) is 0.148. The van der Waals surface area contributed by atoms with Gasteiger partial charge in [0.1, 0.15) is 0 Å². The van der Waals surface area contributed by atoms with Crippen LogP contribution in [0.5, 0.6) is 0 Å². The summed E-state index contributed by atoms with van der Waals surface area (Å²) in [6, 6.07) is 11.8. The Morgan fingerprint density at radius 2 is 1.75 bits per heavy atom. The molecule has 1 aliphatic carbocycles. The van der Waals surface area contributed by atoms with Gasteiger partial charge in [0.05, 0.1) is 27.6 Å². The molecular weight excluding hydrogens is 428 g/mol. The fourth-order valence-electron chi connectivity index (χ4n) is 4.24. The van der Waals surface area contributed by atoms with Crippen molar-refractivity contribution in [3.8, 4) is 11.1 Å². The molecule has 2 aromatic rings. The zero-order valence-corrected chi connectivity index (χ0v) is 19.3. The summed E-state index contributed by atoms with van der Waals surface area (Å²) in [6.07, 6.45) is 0.672. The minimum absolute atomic E-state index is 0.0379. The van der Waals surface area contributed by atoms with Gasteiger partial charge in [0.2, 0.25) is 5.91 Å². The van der Waals surface area contributed by atoms with Crippen LogP contribution in [0, 0.1) is 5.92 Å². The lowest BCUT2D eigenvalue weighted by Crippen LogP contribution is -2.51. The number of hydrogen-bond donors (Lipinski definition) is 1. The lowest BCUT2D eigenvalue weighted by molar-refractivity contribution is -0.119. The Balaban J connectivity index is 1.77. The Hall–Kier alpha value is -2.87. The van der Waals surface area contributed by atoms with Gasteiger partial charge in [-0.15, -0.1) is 0 Å². The number of rotatable bonds is 5. The van der Waals surface area contributed by atoms with E-state index in [0.717, 1.165) is 0 Å². The van der Waals surface area contributed by atoms with E-state index in [4.69, 9.17) is 0 Å². The van der Waals surface area contributed by atoms with Crippen LogP contribution in [0.15, 0.2) is 47.4 Å². The van der Waals surface area contributed by atoms with Crippen molar-refractivity contribution in [2.24, 2.45) is 5.92 Å². The fourth-order valence-corrected chi connectivity index (χ4v) is 5.94. The minimum atomic E-state index is -3.33. The monoisotopic (exact) mass is 456 g/mol. The van der Waals surface area contributed by atoms with Crippen LogP contribution in [-0.2, 0) is 14.6 Å². The first-order valence-corrected chi connectivity index (χ1v) is 12.4. The Bertz CT molecular complexity index is 1170. The third-order valence-corrected chi connectivity index (χ3v) is 8.21. The lowest BCUT2D eigenvalue weighted by atomic mass is 10.00. The second-order valence-corrected chi connectivity index (χ2v) is 11.3. The van der Waals surface area contributed by atoms with Crippen LogP contribution in [0.1, 0.15) is 40.0 Å². The average molecular weight is 457 g/mol. The first-order valence-electron chi connectivity index (χ1n) is 10.9. The molecule has 0 radical (unpaired) electrons. The highest BCUT2D eigenvalue weighted by molar-refractivity contribution is 7.92. The Morgan fingerprint density at radius 1 is 1.06 bits per heavy atom. The van der Waals surface area contributed by atoms with Gasteiger partial charge >= 0.3 is 6.09 Å². The van der Waals surface area contributed by atoms with Gasteiger partial charge in [-0.1, -0.05) is 32.0 Å². The number of carbonyl (C=O) groups excluding carboxylic acids is 1. The number of amides is 2. The molecule has 7 nitrogen and oxygen atoms in total. The molecule has 4 rings (SSSR count). The van der Waals surface area contributed by atoms with E-state index in [1.807, 2.05) is 32.9 Å². The van der Waals surface area contributed by atoms with Crippen LogP contribution in [0.3, 0.4) is 0 Å². The quantitative estimate of drug-likeness (QED) is 0.712. The number of anilines is 2. The van der Waals surface area contributed by atoms with Crippen LogP contribution >= 0.6 is 0 Å². The highest BCUT2D eigenvalue weighted by Crippen LogP contribution is 2.40. The van der Waals surface area contributed by atoms with Gasteiger partial charge in [0.15, 0.2) is 9.84 Å². The molecule has 0 aromatic heterocycles. The molecule has 0 bridgehead atoms. The van der Waals surface area contributed by atoms with Crippen molar-refractivity contribution in [1.29, 1.82) is 0 Å². The summed E-state index contributed by atoms with van der Waals surface area (Å²) < 4.78 is 25.3. The number of benzene rings is 2. The van der Waals surface area contributed by atoms with E-state index >= 15 is 0 Å². The van der Waals surface area contributed by atoms with E-state index in [1.54, 1.807) is 35.2 Å². The molecule has 1 fully saturated rings. The molecule has 0 unspecified atom stereocenters. The molecule has 170 valence electrons. The summed E-state index contributed by atoms with van der Waals surface area (Å²) in [5.41, 5.74) is 2.38. The summed E-state index contributed by atoms with van der Waals surface area (Å²) in [5, 5.41) is 9.50. The topological polar surface area (TPSA) is 95.0 Å². The Kier molecular flexibility index (Phi) is 5.75. The number of sulfone groups is 1. The normalized spacial score (nSPS) is 18.6. The predicted octanol–water partition coefficient (Wildman–Crippen LogP) is 4.56. The smallest absolute Gasteiger partial charge is 0.411 e. The molecule has 32 heavy (non-hydrogen) atoms. The zero-order valence-electron chi connectivity index (χ0n) is 18.5. The Morgan fingerprint density at radius 3 is 2.38 bits per heavy atom. The molecule has 1 N–H and O–H groups in total. The molecule has 2 aliphatic rings. The van der Waals surface area contributed by atoms with Gasteiger partial charge in [0.25, 0.3) is 0 Å². The summed E-state index contributed by atoms with van der Waals surface area (Å²) in [4.78, 5) is 28.1. The maximum Gasteiger partial charge on any atom is 0.411 e. The van der Waals surface area contributed by atoms with Gasteiger partial charge in [0, 0.05) is 13.0 Å². The predicted molar refractivity (Wildman–Crippen MR) is 124 cm³/mol. The summed E-state index contributed by atoms with van der Waals surface area (Å²) >= 11 is 0. The van der Waals surface area contributed by atoms with Crippen molar-refractivity contribution < 1.29 is 23.1 Å². The number of carboxylic acid groups (broad SMARTS) is 1. The van der Waals surface area contributed by atoms with Gasteiger partial charge in [-0.25, -0.2) is 13.2 Å². The van der Waals surface area contributed by atoms with Crippen molar-refractivity contribution in [3.05, 3.63) is 42.5 Å². The molecule has 8 heteroatoms. The zero-order chi connectivity index (χ0) is 23.2. The molecule has 1 atom stereocenters. The molecule has 2 amide bonds. The Labute approximate surface area is 188 Å². The van der Waals surface area contributed by atoms with Crippen LogP contribution < -0.4 is 9.80 Å². The van der Waals surface area contributed by atoms with E-state index in [2.05, 4.69) is 0 Å². The van der Waals surface area contributed by atoms with Gasteiger partial charge in [-0.05, 0) is 61.1 Å². The lowest BCUT2D eigenvalue weighted by Gasteiger charge is -2.40. The van der Waals surface area contributed by atoms with Gasteiger partial charge in [-0.3, -0.25) is 9.69 Å². The maximum absolute atomic E-state index is 12.9. The van der Waals surface area contributed by atoms with E-state index in [9.17, 15) is 23.1 Å². The first kappa shape index (κ1) is 22.3. The molecule has 0 spiro atoms. The average Bonchev–Trinajstić information content (AvgIpc) is 3.58. The van der Waals surface area contributed by atoms with E-state index in [1.165, 1.54) is 4.90 Å². The second-order valence-electron chi connectivity index (χ2n) is 9.08. The molecule has 1 saturated carbocycles. The molecule has 1 heterocycles. The van der Waals surface area contributed by atoms with Crippen LogP contribution in [0.25, 0.3) is 11.1 Å². The van der Waals surface area contributed by atoms with E-state index in [0.29, 0.717) is 41.8 Å². The molecule has 0 saturated heterocycles. The first-order chi connectivity index (χ1) is 15.1. The van der Waals surface area contributed by atoms with Crippen molar-refractivity contribution in [2.45, 2.75) is 56.2 Å². The number of nitrogens with zero attached hydrogens (tertiary/aromatic N) is 2. The van der Waals surface area contributed by atoms with Crippen molar-refractivity contribution in [1.82, 2.24) is 0 Å². The van der Waals surface area contributed by atoms with Crippen molar-refractivity contribution in [3.63, 3.8) is 0 Å². The maximum atomic E-state index is 12.9. The minimum Gasteiger partial charge on any atom is -0.465 e. The fraction of sp³-hybridized carbons (Fsp3) is 0.417. The van der Waals surface area contributed by atoms with Crippen molar-refractivity contribution >= 4 is 33.2 Å². The SMILES string of the molecule is CC(C)CC(=O)N1c2ccc(-c3cccc(S(=O)(=O)C4CC4)c3)cc2N(C(=O)O)C[C@@H]1C. The molecular formula is C24H28N2O5S. The highest BCUT2D eigenvalue weighted by Gasteiger charge is 2.37. The molecule has 1 aliphatic heterocycles. The van der Waals surface area contributed by atoms with Crippen LogP contribution in [0.2, 0.25) is 0 Å². The number of hydrogen-bond acceptors (Lipinski definition) is 4. The van der Waals surface area contributed by atoms with Gasteiger partial charge in [-0.2, -0.15) is 0 Å². The highest BCUT2D eigenvalue weighted by atomic mass is 32.2. The molecule has 2 aromatic carbocycles. The van der Waals surface area contributed by atoms with E-state index < -0.39 is 15.9 Å². The number of carbonyl (C=O) groups is 2. The third kappa shape index (κ3) is 4.11. The third-order valence-electron chi connectivity index (χ3n) is 5.95. The van der Waals surface area contributed by atoms with Gasteiger partial charge < -0.3 is 10.0 Å². The standard InChI is InChI=1S/C24H28N2O5S/c1-15(2)11-23(27)26-16(3)14-25(24(28)29)22-13-18(7-10-21(22)26)17-5-4-6-20(12-17)32(30,31)19-8-9-19/h4-7,10,12-13,15-16,19H,8-9,11,14H2,1-3H3,(H,28,29)/t16-/m0/s1. The van der Waals surface area contributed by atoms with E-state index in [-0.39, 0.29) is 34.6 Å². The van der Waals surface area contributed by atoms with Crippen LogP contribution in [0.4, 0.5) is 16.2 Å². The second kappa shape index (κ2) is 8.24. The largest absolute Gasteiger partial charge is 0.465 e. The summed E-state index contributed by atoms with van der Waals surface area (Å²) in [6.45, 7) is 5.97.